The second kappa shape index (κ2) is 7.12. The molecule has 4 nitrogen and oxygen atoms in total. The van der Waals surface area contributed by atoms with Crippen molar-refractivity contribution < 1.29 is 14.3 Å². The molecule has 0 aromatic heterocycles. The number of nitrogens with one attached hydrogen (secondary N) is 1. The minimum atomic E-state index is -0.494. The highest BCUT2D eigenvalue weighted by Gasteiger charge is 2.02. The molecule has 0 saturated carbocycles. The Labute approximate surface area is 84.3 Å². The van der Waals surface area contributed by atoms with Gasteiger partial charge in [-0.3, -0.25) is 4.79 Å². The van der Waals surface area contributed by atoms with E-state index in [1.165, 1.54) is 6.08 Å². The lowest BCUT2D eigenvalue weighted by Gasteiger charge is -2.08. The Morgan fingerprint density at radius 3 is 2.50 bits per heavy atom. The van der Waals surface area contributed by atoms with Crippen LogP contribution < -0.4 is 5.32 Å². The summed E-state index contributed by atoms with van der Waals surface area (Å²) < 4.78 is 4.62. The van der Waals surface area contributed by atoms with E-state index in [-0.39, 0.29) is 11.9 Å². The number of ether oxygens (including phenoxy) is 1. The molecule has 1 amide bonds. The maximum Gasteiger partial charge on any atom is 0.330 e. The van der Waals surface area contributed by atoms with Gasteiger partial charge >= 0.3 is 5.97 Å². The van der Waals surface area contributed by atoms with E-state index in [1.54, 1.807) is 6.92 Å². The quantitative estimate of drug-likeness (QED) is 0.531. The van der Waals surface area contributed by atoms with Crippen LogP contribution in [0.5, 0.6) is 0 Å². The number of amides is 1. The summed E-state index contributed by atoms with van der Waals surface area (Å²) in [6.07, 6.45) is 3.17. The van der Waals surface area contributed by atoms with Gasteiger partial charge in [-0.05, 0) is 20.3 Å². The number of hydrogen-bond donors (Lipinski definition) is 1. The molecule has 1 N–H and O–H groups in total. The zero-order valence-electron chi connectivity index (χ0n) is 8.87. The van der Waals surface area contributed by atoms with Crippen LogP contribution in [0.15, 0.2) is 12.2 Å². The molecule has 0 radical (unpaired) electrons. The fourth-order valence-electron chi connectivity index (χ4n) is 0.727. The zero-order valence-corrected chi connectivity index (χ0v) is 8.87. The van der Waals surface area contributed by atoms with E-state index in [2.05, 4.69) is 10.1 Å². The highest BCUT2D eigenvalue weighted by atomic mass is 16.5. The van der Waals surface area contributed by atoms with Crippen LogP contribution in [0.25, 0.3) is 0 Å². The second-order valence-electron chi connectivity index (χ2n) is 2.90. The van der Waals surface area contributed by atoms with Gasteiger partial charge < -0.3 is 10.1 Å². The molecule has 0 aromatic carbocycles. The van der Waals surface area contributed by atoms with Crippen LogP contribution in [0.2, 0.25) is 0 Å². The molecule has 0 rings (SSSR count). The molecule has 4 heteroatoms. The van der Waals surface area contributed by atoms with Gasteiger partial charge in [-0.25, -0.2) is 4.79 Å². The van der Waals surface area contributed by atoms with Crippen molar-refractivity contribution in [1.82, 2.24) is 5.32 Å². The van der Waals surface area contributed by atoms with E-state index in [1.807, 2.05) is 13.8 Å². The van der Waals surface area contributed by atoms with Crippen LogP contribution in [0.4, 0.5) is 0 Å². The normalized spacial score (nSPS) is 12.5. The maximum absolute atomic E-state index is 11.1. The van der Waals surface area contributed by atoms with Gasteiger partial charge in [-0.2, -0.15) is 0 Å². The van der Waals surface area contributed by atoms with E-state index in [4.69, 9.17) is 0 Å². The van der Waals surface area contributed by atoms with Crippen molar-refractivity contribution in [1.29, 1.82) is 0 Å². The van der Waals surface area contributed by atoms with Gasteiger partial charge in [-0.15, -0.1) is 0 Å². The third-order valence-corrected chi connectivity index (χ3v) is 1.66. The van der Waals surface area contributed by atoms with E-state index in [0.717, 1.165) is 12.5 Å². The molecule has 0 aliphatic heterocycles. The molecule has 0 bridgehead atoms. The Kier molecular flexibility index (Phi) is 6.45. The maximum atomic E-state index is 11.1. The number of carbonyl (C=O) groups is 2. The van der Waals surface area contributed by atoms with Crippen molar-refractivity contribution in [3.63, 3.8) is 0 Å². The van der Waals surface area contributed by atoms with Crippen LogP contribution in [0.1, 0.15) is 27.2 Å². The van der Waals surface area contributed by atoms with Crippen molar-refractivity contribution in [3.8, 4) is 0 Å². The smallest absolute Gasteiger partial charge is 0.330 e. The van der Waals surface area contributed by atoms with Crippen molar-refractivity contribution in [2.24, 2.45) is 0 Å². The summed E-state index contributed by atoms with van der Waals surface area (Å²) >= 11 is 0. The predicted octanol–water partition coefficient (Wildman–Crippen LogP) is 1.02. The van der Waals surface area contributed by atoms with Gasteiger partial charge in [0.15, 0.2) is 0 Å². The Bertz CT molecular complexity index is 223. The predicted molar refractivity (Wildman–Crippen MR) is 53.7 cm³/mol. The Balaban J connectivity index is 3.87. The van der Waals surface area contributed by atoms with Gasteiger partial charge in [0.1, 0.15) is 0 Å². The van der Waals surface area contributed by atoms with Crippen LogP contribution in [-0.2, 0) is 14.3 Å². The Hall–Kier alpha value is -1.32. The van der Waals surface area contributed by atoms with E-state index in [9.17, 15) is 9.59 Å². The fourth-order valence-corrected chi connectivity index (χ4v) is 0.727. The third kappa shape index (κ3) is 6.22. The van der Waals surface area contributed by atoms with E-state index in [0.29, 0.717) is 6.61 Å². The lowest BCUT2D eigenvalue weighted by atomic mass is 10.2. The molecule has 0 aromatic rings. The van der Waals surface area contributed by atoms with Crippen LogP contribution in [-0.4, -0.2) is 24.5 Å². The van der Waals surface area contributed by atoms with Crippen LogP contribution >= 0.6 is 0 Å². The SMILES string of the molecule is CCOC(=O)/C=C\C(=O)NC(C)CC. The number of hydrogen-bond acceptors (Lipinski definition) is 3. The monoisotopic (exact) mass is 199 g/mol. The standard InChI is InChI=1S/C10H17NO3/c1-4-8(3)11-9(12)6-7-10(13)14-5-2/h6-8H,4-5H2,1-3H3,(H,11,12)/b7-6-. The summed E-state index contributed by atoms with van der Waals surface area (Å²) in [6, 6.07) is 0.120. The molecule has 14 heavy (non-hydrogen) atoms. The highest BCUT2D eigenvalue weighted by molar-refractivity contribution is 5.94. The molecule has 1 atom stereocenters. The molecule has 0 aliphatic carbocycles. The van der Waals surface area contributed by atoms with Crippen molar-refractivity contribution >= 4 is 11.9 Å². The fraction of sp³-hybridized carbons (Fsp3) is 0.600. The summed E-state index contributed by atoms with van der Waals surface area (Å²) in [7, 11) is 0. The average molecular weight is 199 g/mol. The second-order valence-corrected chi connectivity index (χ2v) is 2.90. The van der Waals surface area contributed by atoms with E-state index >= 15 is 0 Å². The van der Waals surface area contributed by atoms with Crippen LogP contribution in [0.3, 0.4) is 0 Å². The minimum absolute atomic E-state index is 0.120. The lowest BCUT2D eigenvalue weighted by Crippen LogP contribution is -2.30. The van der Waals surface area contributed by atoms with Gasteiger partial charge in [0.2, 0.25) is 5.91 Å². The van der Waals surface area contributed by atoms with Gasteiger partial charge in [0.25, 0.3) is 0 Å². The summed E-state index contributed by atoms with van der Waals surface area (Å²) in [5, 5.41) is 2.69. The topological polar surface area (TPSA) is 55.4 Å². The molecule has 0 aliphatic rings. The minimum Gasteiger partial charge on any atom is -0.463 e. The van der Waals surface area contributed by atoms with Gasteiger partial charge in [0, 0.05) is 18.2 Å². The van der Waals surface area contributed by atoms with Crippen molar-refractivity contribution in [3.05, 3.63) is 12.2 Å². The molecular weight excluding hydrogens is 182 g/mol. The zero-order chi connectivity index (χ0) is 11.0. The molecule has 0 fully saturated rings. The largest absolute Gasteiger partial charge is 0.463 e. The lowest BCUT2D eigenvalue weighted by molar-refractivity contribution is -0.137. The first kappa shape index (κ1) is 12.7. The van der Waals surface area contributed by atoms with Gasteiger partial charge in [-0.1, -0.05) is 6.92 Å². The number of rotatable bonds is 5. The number of esters is 1. The van der Waals surface area contributed by atoms with Crippen molar-refractivity contribution in [2.75, 3.05) is 6.61 Å². The Morgan fingerprint density at radius 2 is 2.00 bits per heavy atom. The average Bonchev–Trinajstić information content (AvgIpc) is 2.15. The molecule has 80 valence electrons. The summed E-state index contributed by atoms with van der Waals surface area (Å²) in [5.41, 5.74) is 0. The first-order chi connectivity index (χ1) is 6.60. The Morgan fingerprint density at radius 1 is 1.36 bits per heavy atom. The first-order valence-corrected chi connectivity index (χ1v) is 4.75. The van der Waals surface area contributed by atoms with Crippen molar-refractivity contribution in [2.45, 2.75) is 33.2 Å². The highest BCUT2D eigenvalue weighted by Crippen LogP contribution is 1.88. The molecule has 0 heterocycles. The third-order valence-electron chi connectivity index (χ3n) is 1.66. The number of carbonyl (C=O) groups excluding carboxylic acids is 2. The molecule has 0 spiro atoms. The van der Waals surface area contributed by atoms with Crippen LogP contribution in [0, 0.1) is 0 Å². The molecular formula is C10H17NO3. The first-order valence-electron chi connectivity index (χ1n) is 4.75. The summed E-state index contributed by atoms with van der Waals surface area (Å²) in [5.74, 6) is -0.765. The van der Waals surface area contributed by atoms with Gasteiger partial charge in [0.05, 0.1) is 6.61 Å². The summed E-state index contributed by atoms with van der Waals surface area (Å²) in [4.78, 5) is 21.9. The summed E-state index contributed by atoms with van der Waals surface area (Å²) in [6.45, 7) is 5.90. The molecule has 0 saturated heterocycles. The van der Waals surface area contributed by atoms with E-state index < -0.39 is 5.97 Å². The molecule has 1 unspecified atom stereocenters.